The number of carbonyl (C=O) groups excluding carboxylic acids is 1. The number of nitrogens with one attached hydrogen (secondary N) is 1. The molecule has 1 aromatic carbocycles. The summed E-state index contributed by atoms with van der Waals surface area (Å²) in [5.74, 6) is 0.0140. The largest absolute Gasteiger partial charge is 0.304 e. The maximum atomic E-state index is 11.3. The van der Waals surface area contributed by atoms with Crippen LogP contribution in [0.4, 0.5) is 0 Å². The SMILES string of the molecule is C[C@H](N=C1NC(=O)[C@@H](C)S1)c1ccccc1Cl. The Morgan fingerprint density at radius 2 is 2.18 bits per heavy atom. The fraction of sp³-hybridized carbons (Fsp3) is 0.333. The number of aliphatic imine (C=N–C) groups is 1. The van der Waals surface area contributed by atoms with E-state index in [-0.39, 0.29) is 17.2 Å². The topological polar surface area (TPSA) is 41.5 Å². The van der Waals surface area contributed by atoms with Crippen LogP contribution in [0.25, 0.3) is 0 Å². The van der Waals surface area contributed by atoms with Gasteiger partial charge in [0.1, 0.15) is 0 Å². The lowest BCUT2D eigenvalue weighted by Gasteiger charge is -2.09. The summed E-state index contributed by atoms with van der Waals surface area (Å²) < 4.78 is 0. The number of hydrogen-bond acceptors (Lipinski definition) is 3. The van der Waals surface area contributed by atoms with Crippen LogP contribution in [0.5, 0.6) is 0 Å². The molecule has 3 nitrogen and oxygen atoms in total. The number of hydrogen-bond donors (Lipinski definition) is 1. The smallest absolute Gasteiger partial charge is 0.239 e. The van der Waals surface area contributed by atoms with Gasteiger partial charge in [0.25, 0.3) is 0 Å². The standard InChI is InChI=1S/C12H13ClN2OS/c1-7(9-5-3-4-6-10(9)13)14-12-15-11(16)8(2)17-12/h3-8H,1-2H3,(H,14,15,16)/t7-,8+/m0/s1. The van der Waals surface area contributed by atoms with Crippen molar-refractivity contribution in [2.75, 3.05) is 0 Å². The molecule has 1 aliphatic rings. The van der Waals surface area contributed by atoms with Crippen molar-refractivity contribution in [3.63, 3.8) is 0 Å². The molecular weight excluding hydrogens is 256 g/mol. The average molecular weight is 269 g/mol. The minimum Gasteiger partial charge on any atom is -0.304 e. The predicted molar refractivity (Wildman–Crippen MR) is 72.5 cm³/mol. The first-order chi connectivity index (χ1) is 8.08. The van der Waals surface area contributed by atoms with Crippen LogP contribution in [-0.2, 0) is 4.79 Å². The molecule has 90 valence electrons. The Bertz CT molecular complexity index is 475. The van der Waals surface area contributed by atoms with Crippen LogP contribution in [0.15, 0.2) is 29.3 Å². The van der Waals surface area contributed by atoms with Gasteiger partial charge >= 0.3 is 0 Å². The van der Waals surface area contributed by atoms with E-state index in [1.807, 2.05) is 38.1 Å². The molecule has 0 aliphatic carbocycles. The Balaban J connectivity index is 2.17. The zero-order valence-electron chi connectivity index (χ0n) is 9.61. The first-order valence-electron chi connectivity index (χ1n) is 5.37. The molecule has 0 saturated carbocycles. The number of carbonyl (C=O) groups is 1. The van der Waals surface area contributed by atoms with Crippen LogP contribution in [0, 0.1) is 0 Å². The summed E-state index contributed by atoms with van der Waals surface area (Å²) in [6, 6.07) is 7.55. The molecule has 2 rings (SSSR count). The van der Waals surface area contributed by atoms with Crippen molar-refractivity contribution < 1.29 is 4.79 Å². The molecule has 0 aromatic heterocycles. The van der Waals surface area contributed by atoms with Gasteiger partial charge in [-0.1, -0.05) is 41.6 Å². The third-order valence-electron chi connectivity index (χ3n) is 2.55. The van der Waals surface area contributed by atoms with E-state index in [0.717, 1.165) is 5.56 Å². The van der Waals surface area contributed by atoms with E-state index in [1.54, 1.807) is 0 Å². The molecule has 17 heavy (non-hydrogen) atoms. The highest BCUT2D eigenvalue weighted by Crippen LogP contribution is 2.27. The molecule has 1 saturated heterocycles. The molecule has 1 aromatic rings. The molecule has 0 unspecified atom stereocenters. The molecular formula is C12H13ClN2OS. The van der Waals surface area contributed by atoms with E-state index in [4.69, 9.17) is 11.6 Å². The number of halogens is 1. The van der Waals surface area contributed by atoms with E-state index in [2.05, 4.69) is 10.3 Å². The summed E-state index contributed by atoms with van der Waals surface area (Å²) in [5, 5.41) is 4.07. The van der Waals surface area contributed by atoms with Crippen molar-refractivity contribution in [2.45, 2.75) is 25.1 Å². The number of benzene rings is 1. The van der Waals surface area contributed by atoms with Crippen LogP contribution >= 0.6 is 23.4 Å². The second kappa shape index (κ2) is 5.10. The first kappa shape index (κ1) is 12.5. The summed E-state index contributed by atoms with van der Waals surface area (Å²) >= 11 is 7.55. The Morgan fingerprint density at radius 1 is 1.47 bits per heavy atom. The van der Waals surface area contributed by atoms with Crippen LogP contribution in [0.2, 0.25) is 5.02 Å². The number of thioether (sulfide) groups is 1. The van der Waals surface area contributed by atoms with E-state index < -0.39 is 0 Å². The summed E-state index contributed by atoms with van der Waals surface area (Å²) in [5.41, 5.74) is 0.969. The number of amidine groups is 1. The molecule has 0 radical (unpaired) electrons. The zero-order valence-corrected chi connectivity index (χ0v) is 11.2. The van der Waals surface area contributed by atoms with Crippen molar-refractivity contribution in [2.24, 2.45) is 4.99 Å². The summed E-state index contributed by atoms with van der Waals surface area (Å²) in [6.45, 7) is 3.83. The third kappa shape index (κ3) is 2.82. The molecule has 1 amide bonds. The minimum atomic E-state index is -0.0628. The molecule has 1 N–H and O–H groups in total. The van der Waals surface area contributed by atoms with Crippen molar-refractivity contribution in [1.82, 2.24) is 5.32 Å². The van der Waals surface area contributed by atoms with E-state index in [1.165, 1.54) is 11.8 Å². The van der Waals surface area contributed by atoms with Gasteiger partial charge < -0.3 is 5.32 Å². The van der Waals surface area contributed by atoms with Gasteiger partial charge in [-0.15, -0.1) is 0 Å². The lowest BCUT2D eigenvalue weighted by atomic mass is 10.1. The van der Waals surface area contributed by atoms with Crippen molar-refractivity contribution in [1.29, 1.82) is 0 Å². The highest BCUT2D eigenvalue weighted by atomic mass is 35.5. The second-order valence-electron chi connectivity index (χ2n) is 3.88. The Morgan fingerprint density at radius 3 is 2.76 bits per heavy atom. The van der Waals surface area contributed by atoms with Crippen LogP contribution < -0.4 is 5.32 Å². The van der Waals surface area contributed by atoms with Crippen LogP contribution in [-0.4, -0.2) is 16.3 Å². The maximum Gasteiger partial charge on any atom is 0.239 e. The van der Waals surface area contributed by atoms with Gasteiger partial charge in [0, 0.05) is 5.02 Å². The van der Waals surface area contributed by atoms with Gasteiger partial charge in [0.2, 0.25) is 5.91 Å². The molecule has 2 atom stereocenters. The van der Waals surface area contributed by atoms with Gasteiger partial charge in [0.05, 0.1) is 11.3 Å². The van der Waals surface area contributed by atoms with Gasteiger partial charge in [0.15, 0.2) is 5.17 Å². The molecule has 1 heterocycles. The molecule has 5 heteroatoms. The van der Waals surface area contributed by atoms with Crippen LogP contribution in [0.1, 0.15) is 25.5 Å². The van der Waals surface area contributed by atoms with Gasteiger partial charge in [-0.25, -0.2) is 0 Å². The normalized spacial score (nSPS) is 23.8. The van der Waals surface area contributed by atoms with E-state index in [9.17, 15) is 4.79 Å². The van der Waals surface area contributed by atoms with Crippen molar-refractivity contribution in [3.8, 4) is 0 Å². The van der Waals surface area contributed by atoms with E-state index >= 15 is 0 Å². The molecule has 0 spiro atoms. The fourth-order valence-electron chi connectivity index (χ4n) is 1.58. The Kier molecular flexibility index (Phi) is 3.74. The first-order valence-corrected chi connectivity index (χ1v) is 6.63. The fourth-order valence-corrected chi connectivity index (χ4v) is 2.75. The Labute approximate surface area is 110 Å². The van der Waals surface area contributed by atoms with Gasteiger partial charge in [-0.2, -0.15) is 0 Å². The summed E-state index contributed by atoms with van der Waals surface area (Å²) in [7, 11) is 0. The number of rotatable bonds is 2. The highest BCUT2D eigenvalue weighted by molar-refractivity contribution is 8.15. The molecule has 1 aliphatic heterocycles. The van der Waals surface area contributed by atoms with Crippen molar-refractivity contribution in [3.05, 3.63) is 34.9 Å². The quantitative estimate of drug-likeness (QED) is 0.896. The van der Waals surface area contributed by atoms with Crippen molar-refractivity contribution >= 4 is 34.4 Å². The zero-order chi connectivity index (χ0) is 12.4. The van der Waals surface area contributed by atoms with Gasteiger partial charge in [-0.05, 0) is 25.5 Å². The third-order valence-corrected chi connectivity index (χ3v) is 3.90. The highest BCUT2D eigenvalue weighted by Gasteiger charge is 2.26. The number of amides is 1. The van der Waals surface area contributed by atoms with Gasteiger partial charge in [-0.3, -0.25) is 9.79 Å². The molecule has 0 bridgehead atoms. The Hall–Kier alpha value is -1.00. The van der Waals surface area contributed by atoms with E-state index in [0.29, 0.717) is 10.2 Å². The maximum absolute atomic E-state index is 11.3. The minimum absolute atomic E-state index is 0.0140. The van der Waals surface area contributed by atoms with Crippen LogP contribution in [0.3, 0.4) is 0 Å². The lowest BCUT2D eigenvalue weighted by Crippen LogP contribution is -2.23. The number of nitrogens with zero attached hydrogens (tertiary/aromatic N) is 1. The second-order valence-corrected chi connectivity index (χ2v) is 5.62. The summed E-state index contributed by atoms with van der Waals surface area (Å²) in [4.78, 5) is 15.8. The lowest BCUT2D eigenvalue weighted by molar-refractivity contribution is -0.118. The average Bonchev–Trinajstić information content (AvgIpc) is 2.58. The molecule has 1 fully saturated rings. The summed E-state index contributed by atoms with van der Waals surface area (Å²) in [6.07, 6.45) is 0. The monoisotopic (exact) mass is 268 g/mol. The predicted octanol–water partition coefficient (Wildman–Crippen LogP) is 3.01.